The first-order chi connectivity index (χ1) is 20.0. The third kappa shape index (κ3) is 5.75. The molecule has 0 saturated heterocycles. The molecule has 3 aromatic carbocycles. The van der Waals surface area contributed by atoms with Crippen molar-refractivity contribution in [1.82, 2.24) is 35.0 Å². The van der Waals surface area contributed by atoms with Gasteiger partial charge >= 0.3 is 5.97 Å². The summed E-state index contributed by atoms with van der Waals surface area (Å²) in [5, 5.41) is 26.1. The van der Waals surface area contributed by atoms with Crippen molar-refractivity contribution >= 4 is 17.6 Å². The quantitative estimate of drug-likeness (QED) is 0.225. The molecule has 41 heavy (non-hydrogen) atoms. The van der Waals surface area contributed by atoms with Crippen molar-refractivity contribution in [3.8, 4) is 27.9 Å². The Balaban J connectivity index is 1.33. The SMILES string of the molecule is O=C(O)c1ccc(-c2cnn(C(CCc3ccccc3)c3ccc(-c4cc(Cl)ccc4-n4cnnn4)cn3)c2)cc1. The lowest BCUT2D eigenvalue weighted by atomic mass is 10.0. The highest BCUT2D eigenvalue weighted by atomic mass is 35.5. The van der Waals surface area contributed by atoms with E-state index in [-0.39, 0.29) is 11.6 Å². The summed E-state index contributed by atoms with van der Waals surface area (Å²) >= 11 is 6.34. The highest BCUT2D eigenvalue weighted by Crippen LogP contribution is 2.31. The van der Waals surface area contributed by atoms with Crippen LogP contribution in [0.3, 0.4) is 0 Å². The molecule has 0 saturated carbocycles. The number of aromatic nitrogens is 7. The zero-order valence-electron chi connectivity index (χ0n) is 21.7. The van der Waals surface area contributed by atoms with Crippen molar-refractivity contribution in [1.29, 1.82) is 0 Å². The Bertz CT molecular complexity index is 1770. The number of carboxylic acids is 1. The number of benzene rings is 3. The molecular formula is C31H24ClN7O2. The van der Waals surface area contributed by atoms with Gasteiger partial charge in [-0.25, -0.2) is 4.79 Å². The molecule has 1 N–H and O–H groups in total. The van der Waals surface area contributed by atoms with E-state index >= 15 is 0 Å². The number of hydrogen-bond acceptors (Lipinski definition) is 6. The number of pyridine rings is 1. The van der Waals surface area contributed by atoms with Gasteiger partial charge in [0.1, 0.15) is 6.33 Å². The van der Waals surface area contributed by atoms with Crippen LogP contribution in [0.15, 0.2) is 110 Å². The van der Waals surface area contributed by atoms with Crippen LogP contribution in [0.1, 0.15) is 34.1 Å². The zero-order valence-corrected chi connectivity index (χ0v) is 22.5. The minimum Gasteiger partial charge on any atom is -0.478 e. The van der Waals surface area contributed by atoms with Crippen LogP contribution in [0.4, 0.5) is 0 Å². The molecule has 0 aliphatic rings. The first-order valence-corrected chi connectivity index (χ1v) is 13.3. The number of aromatic carboxylic acids is 1. The van der Waals surface area contributed by atoms with Gasteiger partial charge in [-0.05, 0) is 70.8 Å². The molecular weight excluding hydrogens is 538 g/mol. The van der Waals surface area contributed by atoms with E-state index in [0.29, 0.717) is 5.02 Å². The third-order valence-electron chi connectivity index (χ3n) is 6.93. The van der Waals surface area contributed by atoms with Crippen molar-refractivity contribution in [3.05, 3.63) is 132 Å². The highest BCUT2D eigenvalue weighted by Gasteiger charge is 2.19. The number of halogens is 1. The molecule has 9 nitrogen and oxygen atoms in total. The van der Waals surface area contributed by atoms with E-state index in [2.05, 4.69) is 27.7 Å². The molecule has 202 valence electrons. The molecule has 0 aliphatic carbocycles. The summed E-state index contributed by atoms with van der Waals surface area (Å²) in [7, 11) is 0. The monoisotopic (exact) mass is 561 g/mol. The molecule has 0 bridgehead atoms. The Morgan fingerprint density at radius 2 is 1.71 bits per heavy atom. The fourth-order valence-electron chi connectivity index (χ4n) is 4.80. The molecule has 6 aromatic rings. The Labute approximate surface area is 240 Å². The van der Waals surface area contributed by atoms with Gasteiger partial charge < -0.3 is 5.11 Å². The Hall–Kier alpha value is -5.15. The summed E-state index contributed by atoms with van der Waals surface area (Å²) in [5.41, 5.74) is 6.66. The average molecular weight is 562 g/mol. The molecule has 0 spiro atoms. The van der Waals surface area contributed by atoms with Crippen LogP contribution in [0, 0.1) is 0 Å². The minimum absolute atomic E-state index is 0.130. The molecule has 0 radical (unpaired) electrons. The number of carbonyl (C=O) groups is 1. The van der Waals surface area contributed by atoms with Crippen molar-refractivity contribution in [2.45, 2.75) is 18.9 Å². The number of hydrogen-bond donors (Lipinski definition) is 1. The molecule has 3 heterocycles. The third-order valence-corrected chi connectivity index (χ3v) is 7.16. The normalized spacial score (nSPS) is 11.8. The molecule has 1 atom stereocenters. The second-order valence-corrected chi connectivity index (χ2v) is 9.96. The standard InChI is InChI=1S/C31H24ClN7O2/c32-26-12-15-29(39-20-34-36-37-39)27(16-26)24-11-13-28(33-17-24)30(14-6-21-4-2-1-3-5-21)38-19-25(18-35-38)22-7-9-23(10-8-22)31(40)41/h1-5,7-13,15-20,30H,6,14H2,(H,40,41). The summed E-state index contributed by atoms with van der Waals surface area (Å²) in [5.74, 6) is -0.953. The van der Waals surface area contributed by atoms with Crippen molar-refractivity contribution < 1.29 is 9.90 Å². The van der Waals surface area contributed by atoms with Crippen molar-refractivity contribution in [2.24, 2.45) is 0 Å². The van der Waals surface area contributed by atoms with Gasteiger partial charge in [0.15, 0.2) is 0 Å². The van der Waals surface area contributed by atoms with Crippen LogP contribution in [0.2, 0.25) is 5.02 Å². The lowest BCUT2D eigenvalue weighted by molar-refractivity contribution is 0.0697. The fourth-order valence-corrected chi connectivity index (χ4v) is 4.97. The molecule has 0 fully saturated rings. The van der Waals surface area contributed by atoms with Gasteiger partial charge in [0.05, 0.1) is 29.2 Å². The van der Waals surface area contributed by atoms with E-state index < -0.39 is 5.97 Å². The molecule has 6 rings (SSSR count). The molecule has 10 heteroatoms. The van der Waals surface area contributed by atoms with E-state index in [0.717, 1.165) is 46.5 Å². The van der Waals surface area contributed by atoms with E-state index in [4.69, 9.17) is 21.7 Å². The Morgan fingerprint density at radius 3 is 2.41 bits per heavy atom. The lowest BCUT2D eigenvalue weighted by Crippen LogP contribution is -2.14. The number of carboxylic acid groups (broad SMARTS) is 1. The van der Waals surface area contributed by atoms with Crippen LogP contribution in [0.25, 0.3) is 27.9 Å². The van der Waals surface area contributed by atoms with Gasteiger partial charge in [-0.1, -0.05) is 60.1 Å². The van der Waals surface area contributed by atoms with Crippen LogP contribution < -0.4 is 0 Å². The lowest BCUT2D eigenvalue weighted by Gasteiger charge is -2.18. The predicted octanol–water partition coefficient (Wildman–Crippen LogP) is 6.16. The summed E-state index contributed by atoms with van der Waals surface area (Å²) in [6.07, 6.45) is 8.77. The van der Waals surface area contributed by atoms with Crippen molar-refractivity contribution in [2.75, 3.05) is 0 Å². The maximum atomic E-state index is 11.3. The van der Waals surface area contributed by atoms with E-state index in [1.165, 1.54) is 5.56 Å². The van der Waals surface area contributed by atoms with Gasteiger partial charge in [0.25, 0.3) is 0 Å². The average Bonchev–Trinajstić information content (AvgIpc) is 3.72. The molecule has 1 unspecified atom stereocenters. The first kappa shape index (κ1) is 26.1. The van der Waals surface area contributed by atoms with Crippen LogP contribution >= 0.6 is 11.6 Å². The van der Waals surface area contributed by atoms with Gasteiger partial charge in [-0.3, -0.25) is 9.67 Å². The molecule has 3 aromatic heterocycles. The summed E-state index contributed by atoms with van der Waals surface area (Å²) in [4.78, 5) is 16.1. The second-order valence-electron chi connectivity index (χ2n) is 9.52. The van der Waals surface area contributed by atoms with Crippen molar-refractivity contribution in [3.63, 3.8) is 0 Å². The topological polar surface area (TPSA) is 112 Å². The second kappa shape index (κ2) is 11.5. The number of tetrazole rings is 1. The van der Waals surface area contributed by atoms with Crippen LogP contribution in [-0.4, -0.2) is 46.0 Å². The maximum Gasteiger partial charge on any atom is 0.335 e. The van der Waals surface area contributed by atoms with E-state index in [9.17, 15) is 9.90 Å². The number of aryl methyl sites for hydroxylation is 1. The maximum absolute atomic E-state index is 11.3. The van der Waals surface area contributed by atoms with Crippen LogP contribution in [0.5, 0.6) is 0 Å². The van der Waals surface area contributed by atoms with Gasteiger partial charge in [0.2, 0.25) is 0 Å². The van der Waals surface area contributed by atoms with E-state index in [1.807, 2.05) is 59.5 Å². The molecule has 0 amide bonds. The largest absolute Gasteiger partial charge is 0.478 e. The Morgan fingerprint density at radius 1 is 0.902 bits per heavy atom. The molecule has 0 aliphatic heterocycles. The Kier molecular flexibility index (Phi) is 7.34. The van der Waals surface area contributed by atoms with Gasteiger partial charge in [-0.2, -0.15) is 9.78 Å². The summed E-state index contributed by atoms with van der Waals surface area (Å²) < 4.78 is 3.52. The van der Waals surface area contributed by atoms with Gasteiger partial charge in [-0.15, -0.1) is 5.10 Å². The number of nitrogens with zero attached hydrogens (tertiary/aromatic N) is 7. The minimum atomic E-state index is -0.953. The highest BCUT2D eigenvalue weighted by molar-refractivity contribution is 6.31. The summed E-state index contributed by atoms with van der Waals surface area (Å²) in [6, 6.07) is 26.6. The zero-order chi connectivity index (χ0) is 28.2. The fraction of sp³-hybridized carbons (Fsp3) is 0.0968. The smallest absolute Gasteiger partial charge is 0.335 e. The van der Waals surface area contributed by atoms with Crippen LogP contribution in [-0.2, 0) is 6.42 Å². The summed E-state index contributed by atoms with van der Waals surface area (Å²) in [6.45, 7) is 0. The predicted molar refractivity (Wildman–Crippen MR) is 155 cm³/mol. The number of rotatable bonds is 9. The van der Waals surface area contributed by atoms with E-state index in [1.54, 1.807) is 47.5 Å². The first-order valence-electron chi connectivity index (χ1n) is 13.0. The van der Waals surface area contributed by atoms with Gasteiger partial charge in [0, 0.05) is 34.1 Å².